The van der Waals surface area contributed by atoms with Gasteiger partial charge in [-0.3, -0.25) is 4.99 Å². The summed E-state index contributed by atoms with van der Waals surface area (Å²) in [5.41, 5.74) is 2.65. The maximum atomic E-state index is 13.9. The third-order valence-corrected chi connectivity index (χ3v) is 4.60. The van der Waals surface area contributed by atoms with Gasteiger partial charge in [0.15, 0.2) is 12.8 Å². The molecule has 1 N–H and O–H groups in total. The fourth-order valence-electron chi connectivity index (χ4n) is 3.30. The minimum atomic E-state index is -0.277. The molecule has 0 atom stereocenters. The van der Waals surface area contributed by atoms with E-state index >= 15 is 0 Å². The smallest absolute Gasteiger partial charge is 0.193 e. The van der Waals surface area contributed by atoms with E-state index in [1.807, 2.05) is 36.2 Å². The molecule has 3 rings (SSSR count). The number of methoxy groups -OCH3 is 1. The van der Waals surface area contributed by atoms with E-state index in [-0.39, 0.29) is 36.6 Å². The van der Waals surface area contributed by atoms with E-state index in [2.05, 4.69) is 10.3 Å². The minimum absolute atomic E-state index is 0. The van der Waals surface area contributed by atoms with Crippen molar-refractivity contribution in [1.29, 1.82) is 0 Å². The first kappa shape index (κ1) is 23.2. The second-order valence-electron chi connectivity index (χ2n) is 6.56. The summed E-state index contributed by atoms with van der Waals surface area (Å²) < 4.78 is 30.1. The van der Waals surface area contributed by atoms with Gasteiger partial charge in [0.1, 0.15) is 17.3 Å². The standard InChI is InChI=1S/C21H26FN3O3.HI/c1-23-21(25(2)12-16-6-4-5-7-19(16)26-3)24-9-8-15-10-18(22)11-17-13-27-14-28-20(15)17;/h4-7,10-11H,8-9,12-14H2,1-3H3,(H,23,24);1H. The van der Waals surface area contributed by atoms with Crippen molar-refractivity contribution in [2.45, 2.75) is 19.6 Å². The van der Waals surface area contributed by atoms with Crippen LogP contribution in [-0.2, 0) is 24.3 Å². The number of nitrogens with one attached hydrogen (secondary N) is 1. The van der Waals surface area contributed by atoms with E-state index in [0.29, 0.717) is 26.1 Å². The highest BCUT2D eigenvalue weighted by Crippen LogP contribution is 2.29. The molecule has 0 aliphatic carbocycles. The molecule has 8 heteroatoms. The average Bonchev–Trinajstić information content (AvgIpc) is 2.71. The van der Waals surface area contributed by atoms with Crippen LogP contribution in [0.5, 0.6) is 11.5 Å². The second kappa shape index (κ2) is 11.2. The van der Waals surface area contributed by atoms with Gasteiger partial charge < -0.3 is 24.4 Å². The van der Waals surface area contributed by atoms with Crippen molar-refractivity contribution in [2.75, 3.05) is 34.5 Å². The summed E-state index contributed by atoms with van der Waals surface area (Å²) in [6, 6.07) is 10.9. The van der Waals surface area contributed by atoms with Crippen molar-refractivity contribution in [3.05, 3.63) is 58.9 Å². The summed E-state index contributed by atoms with van der Waals surface area (Å²) >= 11 is 0. The van der Waals surface area contributed by atoms with Crippen molar-refractivity contribution in [2.24, 2.45) is 4.99 Å². The SMILES string of the molecule is CN=C(NCCc1cc(F)cc2c1OCOC2)N(C)Cc1ccccc1OC.I. The third-order valence-electron chi connectivity index (χ3n) is 4.60. The summed E-state index contributed by atoms with van der Waals surface area (Å²) in [5.74, 6) is 2.04. The maximum absolute atomic E-state index is 13.9. The molecule has 1 aliphatic heterocycles. The molecule has 0 saturated carbocycles. The number of para-hydroxylation sites is 1. The van der Waals surface area contributed by atoms with Gasteiger partial charge in [-0.25, -0.2) is 4.39 Å². The summed E-state index contributed by atoms with van der Waals surface area (Å²) in [6.45, 7) is 1.82. The van der Waals surface area contributed by atoms with Crippen LogP contribution < -0.4 is 14.8 Å². The lowest BCUT2D eigenvalue weighted by Crippen LogP contribution is -2.39. The molecule has 0 aromatic heterocycles. The van der Waals surface area contributed by atoms with Crippen LogP contribution in [0.3, 0.4) is 0 Å². The van der Waals surface area contributed by atoms with Crippen LogP contribution in [0.15, 0.2) is 41.4 Å². The van der Waals surface area contributed by atoms with E-state index in [1.165, 1.54) is 12.1 Å². The Bertz CT molecular complexity index is 848. The molecule has 1 aliphatic rings. The highest BCUT2D eigenvalue weighted by atomic mass is 127. The van der Waals surface area contributed by atoms with Gasteiger partial charge in [-0.1, -0.05) is 18.2 Å². The molecule has 0 radical (unpaired) electrons. The minimum Gasteiger partial charge on any atom is -0.496 e. The van der Waals surface area contributed by atoms with Crippen LogP contribution in [0.4, 0.5) is 4.39 Å². The van der Waals surface area contributed by atoms with E-state index in [0.717, 1.165) is 34.1 Å². The number of rotatable bonds is 6. The average molecular weight is 515 g/mol. The quantitative estimate of drug-likeness (QED) is 0.363. The van der Waals surface area contributed by atoms with Crippen LogP contribution in [0, 0.1) is 5.82 Å². The molecule has 0 spiro atoms. The monoisotopic (exact) mass is 515 g/mol. The van der Waals surface area contributed by atoms with Crippen LogP contribution in [0.25, 0.3) is 0 Å². The summed E-state index contributed by atoms with van der Waals surface area (Å²) in [7, 11) is 5.37. The number of hydrogen-bond acceptors (Lipinski definition) is 4. The number of guanidine groups is 1. The topological polar surface area (TPSA) is 55.3 Å². The lowest BCUT2D eigenvalue weighted by molar-refractivity contribution is -0.0172. The molecular weight excluding hydrogens is 488 g/mol. The zero-order valence-corrected chi connectivity index (χ0v) is 19.2. The van der Waals surface area contributed by atoms with Crippen molar-refractivity contribution in [3.8, 4) is 11.5 Å². The number of fused-ring (bicyclic) bond motifs is 1. The summed E-state index contributed by atoms with van der Waals surface area (Å²) in [5, 5.41) is 3.33. The molecule has 6 nitrogen and oxygen atoms in total. The van der Waals surface area contributed by atoms with E-state index < -0.39 is 0 Å². The highest BCUT2D eigenvalue weighted by molar-refractivity contribution is 14.0. The molecule has 0 saturated heterocycles. The Balaban J connectivity index is 0.00000300. The highest BCUT2D eigenvalue weighted by Gasteiger charge is 2.17. The van der Waals surface area contributed by atoms with Crippen LogP contribution in [0.1, 0.15) is 16.7 Å². The van der Waals surface area contributed by atoms with Gasteiger partial charge in [0, 0.05) is 38.3 Å². The molecule has 1 heterocycles. The number of aliphatic imine (C=N–C) groups is 1. The first-order chi connectivity index (χ1) is 13.6. The molecule has 29 heavy (non-hydrogen) atoms. The number of halogens is 2. The van der Waals surface area contributed by atoms with Gasteiger partial charge in [0.05, 0.1) is 13.7 Å². The van der Waals surface area contributed by atoms with Gasteiger partial charge in [-0.05, 0) is 30.2 Å². The molecule has 2 aromatic rings. The summed E-state index contributed by atoms with van der Waals surface area (Å²) in [4.78, 5) is 6.36. The van der Waals surface area contributed by atoms with E-state index in [9.17, 15) is 4.39 Å². The molecule has 0 unspecified atom stereocenters. The number of benzene rings is 2. The largest absolute Gasteiger partial charge is 0.496 e. The Morgan fingerprint density at radius 1 is 1.28 bits per heavy atom. The fraction of sp³-hybridized carbons (Fsp3) is 0.381. The second-order valence-corrected chi connectivity index (χ2v) is 6.56. The zero-order valence-electron chi connectivity index (χ0n) is 16.9. The van der Waals surface area contributed by atoms with Crippen LogP contribution in [0.2, 0.25) is 0 Å². The first-order valence-electron chi connectivity index (χ1n) is 9.18. The van der Waals surface area contributed by atoms with Gasteiger partial charge in [0.2, 0.25) is 0 Å². The van der Waals surface area contributed by atoms with E-state index in [4.69, 9.17) is 14.2 Å². The molecule has 158 valence electrons. The Morgan fingerprint density at radius 3 is 2.83 bits per heavy atom. The normalized spacial score (nSPS) is 13.0. The Morgan fingerprint density at radius 2 is 2.07 bits per heavy atom. The third kappa shape index (κ3) is 5.96. The Hall–Kier alpha value is -2.07. The van der Waals surface area contributed by atoms with Gasteiger partial charge in [-0.2, -0.15) is 0 Å². The van der Waals surface area contributed by atoms with Crippen LogP contribution in [-0.4, -0.2) is 45.4 Å². The van der Waals surface area contributed by atoms with Crippen molar-refractivity contribution >= 4 is 29.9 Å². The fourth-order valence-corrected chi connectivity index (χ4v) is 3.30. The van der Waals surface area contributed by atoms with Gasteiger partial charge in [-0.15, -0.1) is 24.0 Å². The van der Waals surface area contributed by atoms with Crippen molar-refractivity contribution in [1.82, 2.24) is 10.2 Å². The van der Waals surface area contributed by atoms with Crippen molar-refractivity contribution in [3.63, 3.8) is 0 Å². The predicted molar refractivity (Wildman–Crippen MR) is 122 cm³/mol. The predicted octanol–water partition coefficient (Wildman–Crippen LogP) is 3.57. The number of hydrogen-bond donors (Lipinski definition) is 1. The Labute approximate surface area is 188 Å². The summed E-state index contributed by atoms with van der Waals surface area (Å²) in [6.07, 6.45) is 0.613. The zero-order chi connectivity index (χ0) is 19.9. The molecule has 0 fully saturated rings. The van der Waals surface area contributed by atoms with Crippen LogP contribution >= 0.6 is 24.0 Å². The molecule has 0 bridgehead atoms. The van der Waals surface area contributed by atoms with Gasteiger partial charge >= 0.3 is 0 Å². The molecule has 2 aromatic carbocycles. The lowest BCUT2D eigenvalue weighted by Gasteiger charge is -2.24. The number of nitrogens with zero attached hydrogens (tertiary/aromatic N) is 2. The van der Waals surface area contributed by atoms with Crippen molar-refractivity contribution < 1.29 is 18.6 Å². The number of ether oxygens (including phenoxy) is 3. The maximum Gasteiger partial charge on any atom is 0.193 e. The molecular formula is C21H27FIN3O3. The Kier molecular flexibility index (Phi) is 8.97. The van der Waals surface area contributed by atoms with Gasteiger partial charge in [0.25, 0.3) is 0 Å². The lowest BCUT2D eigenvalue weighted by atomic mass is 10.1. The van der Waals surface area contributed by atoms with E-state index in [1.54, 1.807) is 14.2 Å². The first-order valence-corrected chi connectivity index (χ1v) is 9.18. The molecule has 0 amide bonds.